The molecule has 1 unspecified atom stereocenters. The topological polar surface area (TPSA) is 69.8 Å². The van der Waals surface area contributed by atoms with Gasteiger partial charge in [0.2, 0.25) is 12.2 Å². The average Bonchev–Trinajstić information content (AvgIpc) is 2.83. The van der Waals surface area contributed by atoms with Crippen molar-refractivity contribution < 1.29 is 19.4 Å². The Balaban J connectivity index is 1.55. The molecule has 0 bridgehead atoms. The van der Waals surface area contributed by atoms with Crippen molar-refractivity contribution in [2.75, 3.05) is 6.54 Å². The Morgan fingerprint density at radius 3 is 2.43 bits per heavy atom. The maximum atomic E-state index is 13.4. The van der Waals surface area contributed by atoms with Crippen molar-refractivity contribution >= 4 is 11.7 Å². The number of aliphatic hydroxyl groups is 1. The minimum atomic E-state index is -0.988. The molecule has 35 heavy (non-hydrogen) atoms. The van der Waals surface area contributed by atoms with Crippen LogP contribution in [0.15, 0.2) is 72.9 Å². The highest BCUT2D eigenvalue weighted by atomic mass is 16.6. The minimum Gasteiger partial charge on any atom is -0.438 e. The summed E-state index contributed by atoms with van der Waals surface area (Å²) in [6.07, 6.45) is 6.77. The van der Waals surface area contributed by atoms with Crippen LogP contribution in [0.25, 0.3) is 5.57 Å². The number of carbonyl (C=O) groups is 1. The highest BCUT2D eigenvalue weighted by Crippen LogP contribution is 2.42. The van der Waals surface area contributed by atoms with Gasteiger partial charge in [-0.3, -0.25) is 0 Å². The number of rotatable bonds is 7. The fourth-order valence-corrected chi connectivity index (χ4v) is 5.15. The molecule has 2 heterocycles. The van der Waals surface area contributed by atoms with Crippen LogP contribution in [-0.2, 0) is 10.3 Å². The third-order valence-electron chi connectivity index (χ3n) is 6.91. The summed E-state index contributed by atoms with van der Waals surface area (Å²) in [6.45, 7) is 7.94. The number of hydrogen-bond acceptors (Lipinski definition) is 4. The van der Waals surface area contributed by atoms with E-state index in [1.165, 1.54) is 0 Å². The van der Waals surface area contributed by atoms with Crippen LogP contribution in [0.3, 0.4) is 0 Å². The van der Waals surface area contributed by atoms with Gasteiger partial charge in [-0.15, -0.1) is 0 Å². The molecule has 184 valence electrons. The molecular weight excluding hydrogens is 440 g/mol. The Bertz CT molecular complexity index is 1130. The van der Waals surface area contributed by atoms with E-state index in [1.54, 1.807) is 24.9 Å². The summed E-state index contributed by atoms with van der Waals surface area (Å²) in [6, 6.07) is 17.5. The van der Waals surface area contributed by atoms with Gasteiger partial charge in [0.1, 0.15) is 5.60 Å². The highest BCUT2D eigenvalue weighted by Gasteiger charge is 2.46. The van der Waals surface area contributed by atoms with Crippen molar-refractivity contribution in [1.29, 1.82) is 0 Å². The van der Waals surface area contributed by atoms with Crippen molar-refractivity contribution in [3.63, 3.8) is 0 Å². The molecule has 3 atom stereocenters. The molecule has 6 nitrogen and oxygen atoms in total. The first-order valence-corrected chi connectivity index (χ1v) is 12.4. The van der Waals surface area contributed by atoms with Gasteiger partial charge in [-0.1, -0.05) is 61.5 Å². The van der Waals surface area contributed by atoms with Crippen molar-refractivity contribution in [1.82, 2.24) is 4.90 Å². The summed E-state index contributed by atoms with van der Waals surface area (Å²) in [5.74, 6) is 0. The molecule has 2 aromatic carbocycles. The van der Waals surface area contributed by atoms with E-state index in [0.717, 1.165) is 33.4 Å². The Morgan fingerprint density at radius 1 is 1.17 bits per heavy atom. The van der Waals surface area contributed by atoms with E-state index in [2.05, 4.69) is 6.92 Å². The van der Waals surface area contributed by atoms with Gasteiger partial charge < -0.3 is 14.7 Å². The van der Waals surface area contributed by atoms with Crippen LogP contribution in [0.2, 0.25) is 0 Å². The number of amides is 1. The second kappa shape index (κ2) is 9.78. The van der Waals surface area contributed by atoms with Gasteiger partial charge in [-0.25, -0.2) is 4.79 Å². The summed E-state index contributed by atoms with van der Waals surface area (Å²) in [5, 5.41) is 10.6. The smallest absolute Gasteiger partial charge is 0.411 e. The van der Waals surface area contributed by atoms with Crippen LogP contribution in [-0.4, -0.2) is 39.0 Å². The molecule has 1 fully saturated rings. The van der Waals surface area contributed by atoms with Crippen LogP contribution in [0, 0.1) is 4.91 Å². The van der Waals surface area contributed by atoms with E-state index in [9.17, 15) is 14.8 Å². The standard InChI is InChI=1S/C29H35N2O4/c1-5-26(23-15-13-22(14-16-23)24-12-11-21(2)31(34)19-24)30-18-17-29(35-27(30)32,20-28(3,4)33)25-9-7-6-8-10-25/h6-16,19,21,26,33H,5,17-18,20H2,1-4H3/q+1/t21?,26-,29-/m0/s1. The number of hydrogen-bond donors (Lipinski definition) is 1. The largest absolute Gasteiger partial charge is 0.438 e. The molecule has 6 heteroatoms. The quantitative estimate of drug-likeness (QED) is 0.490. The number of nitrogens with zero attached hydrogens (tertiary/aromatic N) is 2. The number of cyclic esters (lactones) is 1. The summed E-state index contributed by atoms with van der Waals surface area (Å²) >= 11 is 0. The molecule has 2 aromatic rings. The van der Waals surface area contributed by atoms with Gasteiger partial charge in [0.05, 0.1) is 17.2 Å². The Kier molecular flexibility index (Phi) is 6.95. The van der Waals surface area contributed by atoms with E-state index in [4.69, 9.17) is 4.74 Å². The third kappa shape index (κ3) is 5.38. The minimum absolute atomic E-state index is 0.126. The Morgan fingerprint density at radius 2 is 1.86 bits per heavy atom. The zero-order chi connectivity index (χ0) is 25.2. The number of benzene rings is 2. The molecule has 0 radical (unpaired) electrons. The highest BCUT2D eigenvalue weighted by molar-refractivity contribution is 5.74. The fraction of sp³-hybridized carbons (Fsp3) is 0.414. The van der Waals surface area contributed by atoms with Gasteiger partial charge in [-0.2, -0.15) is 0 Å². The van der Waals surface area contributed by atoms with Crippen molar-refractivity contribution in [3.8, 4) is 0 Å². The van der Waals surface area contributed by atoms with E-state index >= 15 is 0 Å². The van der Waals surface area contributed by atoms with Gasteiger partial charge in [0.25, 0.3) is 0 Å². The SMILES string of the molecule is CC[C@@H](c1ccc(C2=C[N+](=O)C(C)C=C2)cc1)N1CC[C@](CC(C)(C)O)(c2ccccc2)OC1=O. The first-order chi connectivity index (χ1) is 16.6. The normalized spacial score (nSPS) is 23.6. The van der Waals surface area contributed by atoms with E-state index in [-0.39, 0.29) is 18.2 Å². The molecule has 1 amide bonds. The second-order valence-corrected chi connectivity index (χ2v) is 10.3. The summed E-state index contributed by atoms with van der Waals surface area (Å²) < 4.78 is 7.12. The van der Waals surface area contributed by atoms with Crippen molar-refractivity contribution in [2.45, 2.75) is 70.2 Å². The van der Waals surface area contributed by atoms with Crippen LogP contribution in [0.1, 0.15) is 69.7 Å². The van der Waals surface area contributed by atoms with Crippen LogP contribution < -0.4 is 0 Å². The summed E-state index contributed by atoms with van der Waals surface area (Å²) in [4.78, 5) is 27.2. The zero-order valence-corrected chi connectivity index (χ0v) is 21.0. The van der Waals surface area contributed by atoms with Crippen LogP contribution in [0.4, 0.5) is 4.79 Å². The Labute approximate surface area is 207 Å². The molecule has 2 aliphatic rings. The molecule has 0 aliphatic carbocycles. The molecule has 1 N–H and O–H groups in total. The predicted octanol–water partition coefficient (Wildman–Crippen LogP) is 6.11. The number of carbonyl (C=O) groups excluding carboxylic acids is 1. The molecule has 0 saturated carbocycles. The van der Waals surface area contributed by atoms with E-state index in [0.29, 0.717) is 19.4 Å². The maximum absolute atomic E-state index is 13.4. The predicted molar refractivity (Wildman–Crippen MR) is 137 cm³/mol. The average molecular weight is 476 g/mol. The lowest BCUT2D eigenvalue weighted by molar-refractivity contribution is -0.504. The number of nitroso groups, excluding NO2 is 1. The fourth-order valence-electron chi connectivity index (χ4n) is 5.15. The van der Waals surface area contributed by atoms with Gasteiger partial charge in [0, 0.05) is 36.0 Å². The van der Waals surface area contributed by atoms with Gasteiger partial charge >= 0.3 is 6.09 Å². The molecule has 0 aromatic heterocycles. The zero-order valence-electron chi connectivity index (χ0n) is 21.0. The molecule has 0 spiro atoms. The Hall–Kier alpha value is -3.25. The first-order valence-electron chi connectivity index (χ1n) is 12.4. The summed E-state index contributed by atoms with van der Waals surface area (Å²) in [5.41, 5.74) is 1.91. The lowest BCUT2D eigenvalue weighted by atomic mass is 9.80. The second-order valence-electron chi connectivity index (χ2n) is 10.3. The molecular formula is C29H35N2O4+. The number of allylic oxidation sites excluding steroid dienone is 2. The molecule has 4 rings (SSSR count). The maximum Gasteiger partial charge on any atom is 0.411 e. The van der Waals surface area contributed by atoms with Crippen LogP contribution >= 0.6 is 0 Å². The molecule has 2 aliphatic heterocycles. The van der Waals surface area contributed by atoms with Crippen molar-refractivity contribution in [3.05, 3.63) is 94.5 Å². The number of ether oxygens (including phenoxy) is 1. The van der Waals surface area contributed by atoms with Crippen LogP contribution in [0.5, 0.6) is 0 Å². The molecule has 1 saturated heterocycles. The lowest BCUT2D eigenvalue weighted by Gasteiger charge is -2.46. The van der Waals surface area contributed by atoms with Gasteiger partial charge in [0.15, 0.2) is 0 Å². The van der Waals surface area contributed by atoms with E-state index < -0.39 is 11.2 Å². The summed E-state index contributed by atoms with van der Waals surface area (Å²) in [7, 11) is 0. The van der Waals surface area contributed by atoms with Gasteiger partial charge in [-0.05, 0) is 49.1 Å². The monoisotopic (exact) mass is 475 g/mol. The van der Waals surface area contributed by atoms with E-state index in [1.807, 2.05) is 73.7 Å². The third-order valence-corrected chi connectivity index (χ3v) is 6.91. The lowest BCUT2D eigenvalue weighted by Crippen LogP contribution is -2.51. The van der Waals surface area contributed by atoms with Crippen molar-refractivity contribution in [2.24, 2.45) is 0 Å². The first kappa shape index (κ1) is 24.9.